The highest BCUT2D eigenvalue weighted by Crippen LogP contribution is 2.36. The van der Waals surface area contributed by atoms with Crippen molar-refractivity contribution in [2.75, 3.05) is 4.90 Å². The number of nitro benzene ring substituents is 1. The van der Waals surface area contributed by atoms with E-state index in [9.17, 15) is 19.7 Å². The van der Waals surface area contributed by atoms with Gasteiger partial charge in [0.1, 0.15) is 16.9 Å². The average molecular weight is 496 g/mol. The van der Waals surface area contributed by atoms with Crippen LogP contribution in [0.4, 0.5) is 31.0 Å². The number of nitro groups is 1. The van der Waals surface area contributed by atoms with Crippen molar-refractivity contribution in [1.82, 2.24) is 4.57 Å². The summed E-state index contributed by atoms with van der Waals surface area (Å²) in [5.74, 6) is -0.967. The van der Waals surface area contributed by atoms with Crippen LogP contribution in [0.15, 0.2) is 42.6 Å². The molecule has 0 fully saturated rings. The first kappa shape index (κ1) is 26.2. The highest BCUT2D eigenvalue weighted by molar-refractivity contribution is 6.11. The van der Waals surface area contributed by atoms with E-state index >= 15 is 4.39 Å². The van der Waals surface area contributed by atoms with Crippen molar-refractivity contribution >= 4 is 40.2 Å². The molecule has 1 heterocycles. The van der Waals surface area contributed by atoms with Gasteiger partial charge in [-0.05, 0) is 71.2 Å². The van der Waals surface area contributed by atoms with Gasteiger partial charge < -0.3 is 14.0 Å². The summed E-state index contributed by atoms with van der Waals surface area (Å²) in [6, 6.07) is 8.04. The van der Waals surface area contributed by atoms with E-state index in [0.29, 0.717) is 27.6 Å². The molecule has 1 aromatic heterocycles. The topological polar surface area (TPSA) is 108 Å². The molecule has 2 amide bonds. The van der Waals surface area contributed by atoms with Crippen LogP contribution in [0.25, 0.3) is 21.4 Å². The lowest BCUT2D eigenvalue weighted by molar-refractivity contribution is -0.384. The molecule has 0 aliphatic rings. The third-order valence-corrected chi connectivity index (χ3v) is 4.70. The number of halogens is 1. The standard InChI is InChI=1S/C25H25FN4O6/c1-24(2,3)35-22(31)29(23(32)36-25(4,5)6)20-14-19(17(26)13-21(20)30(33)34)28-11-10-15-12-16(27-7)8-9-18(15)28/h8-14H,1-6H3. The predicted molar refractivity (Wildman–Crippen MR) is 131 cm³/mol. The molecule has 188 valence electrons. The van der Waals surface area contributed by atoms with Crippen LogP contribution in [0.1, 0.15) is 41.5 Å². The lowest BCUT2D eigenvalue weighted by Gasteiger charge is -2.28. The van der Waals surface area contributed by atoms with Gasteiger partial charge >= 0.3 is 12.2 Å². The largest absolute Gasteiger partial charge is 0.443 e. The van der Waals surface area contributed by atoms with Crippen LogP contribution in [-0.2, 0) is 9.47 Å². The molecule has 0 aliphatic carbocycles. The molecule has 0 N–H and O–H groups in total. The van der Waals surface area contributed by atoms with Crippen molar-refractivity contribution in [2.24, 2.45) is 0 Å². The molecule has 0 radical (unpaired) electrons. The van der Waals surface area contributed by atoms with Crippen molar-refractivity contribution in [3.63, 3.8) is 0 Å². The molecule has 0 atom stereocenters. The van der Waals surface area contributed by atoms with Gasteiger partial charge in [-0.3, -0.25) is 10.1 Å². The van der Waals surface area contributed by atoms with Gasteiger partial charge in [0.15, 0.2) is 11.5 Å². The number of aromatic nitrogens is 1. The van der Waals surface area contributed by atoms with Gasteiger partial charge in [-0.25, -0.2) is 18.8 Å². The Morgan fingerprint density at radius 2 is 1.61 bits per heavy atom. The fourth-order valence-electron chi connectivity index (χ4n) is 3.35. The molecule has 10 nitrogen and oxygen atoms in total. The minimum atomic E-state index is -1.23. The summed E-state index contributed by atoms with van der Waals surface area (Å²) >= 11 is 0. The number of amides is 2. The second-order valence-corrected chi connectivity index (χ2v) is 9.89. The first-order valence-electron chi connectivity index (χ1n) is 10.8. The third-order valence-electron chi connectivity index (χ3n) is 4.70. The number of benzene rings is 2. The number of nitrogens with zero attached hydrogens (tertiary/aromatic N) is 4. The van der Waals surface area contributed by atoms with Crippen LogP contribution in [0, 0.1) is 22.5 Å². The number of carbonyl (C=O) groups is 2. The fourth-order valence-corrected chi connectivity index (χ4v) is 3.35. The van der Waals surface area contributed by atoms with E-state index in [4.69, 9.17) is 16.0 Å². The summed E-state index contributed by atoms with van der Waals surface area (Å²) in [5.41, 5.74) is -2.75. The molecule has 3 rings (SSSR count). The van der Waals surface area contributed by atoms with E-state index in [1.165, 1.54) is 10.8 Å². The minimum Gasteiger partial charge on any atom is -0.443 e. The monoisotopic (exact) mass is 496 g/mol. The molecule has 0 unspecified atom stereocenters. The number of imide groups is 1. The molecule has 0 bridgehead atoms. The normalized spacial score (nSPS) is 11.6. The van der Waals surface area contributed by atoms with Crippen molar-refractivity contribution in [3.8, 4) is 5.69 Å². The van der Waals surface area contributed by atoms with Gasteiger partial charge in [0.2, 0.25) is 0 Å². The molecular weight excluding hydrogens is 471 g/mol. The Kier molecular flexibility index (Phi) is 6.75. The number of anilines is 1. The SMILES string of the molecule is [C-]#[N+]c1ccc2c(ccn2-c2cc(N(C(=O)OC(C)(C)C)C(=O)OC(C)(C)C)c([N+](=O)[O-])cc2F)c1. The highest BCUT2D eigenvalue weighted by Gasteiger charge is 2.37. The zero-order chi connectivity index (χ0) is 27.0. The van der Waals surface area contributed by atoms with E-state index in [1.54, 1.807) is 65.8 Å². The van der Waals surface area contributed by atoms with Crippen LogP contribution in [-0.4, -0.2) is 32.9 Å². The summed E-state index contributed by atoms with van der Waals surface area (Å²) in [4.78, 5) is 40.9. The number of carbonyl (C=O) groups excluding carboxylic acids is 2. The average Bonchev–Trinajstić information content (AvgIpc) is 3.14. The van der Waals surface area contributed by atoms with Gasteiger partial charge in [0, 0.05) is 6.20 Å². The van der Waals surface area contributed by atoms with E-state index < -0.39 is 45.5 Å². The van der Waals surface area contributed by atoms with Gasteiger partial charge in [0.25, 0.3) is 5.69 Å². The van der Waals surface area contributed by atoms with Crippen LogP contribution in [0.5, 0.6) is 0 Å². The van der Waals surface area contributed by atoms with Crippen LogP contribution in [0.3, 0.4) is 0 Å². The van der Waals surface area contributed by atoms with E-state index in [2.05, 4.69) is 4.85 Å². The molecular formula is C25H25FN4O6. The third kappa shape index (κ3) is 5.60. The maximum Gasteiger partial charge on any atom is 0.424 e. The zero-order valence-corrected chi connectivity index (χ0v) is 20.7. The summed E-state index contributed by atoms with van der Waals surface area (Å²) in [6.07, 6.45) is -0.939. The second-order valence-electron chi connectivity index (χ2n) is 9.89. The number of ether oxygens (including phenoxy) is 2. The van der Waals surface area contributed by atoms with Crippen molar-refractivity contribution < 1.29 is 28.4 Å². The van der Waals surface area contributed by atoms with Gasteiger partial charge in [-0.15, -0.1) is 0 Å². The number of fused-ring (bicyclic) bond motifs is 1. The van der Waals surface area contributed by atoms with E-state index in [1.807, 2.05) is 0 Å². The van der Waals surface area contributed by atoms with Crippen LogP contribution in [0.2, 0.25) is 0 Å². The lowest BCUT2D eigenvalue weighted by Crippen LogP contribution is -2.44. The van der Waals surface area contributed by atoms with Crippen molar-refractivity contribution in [1.29, 1.82) is 0 Å². The maximum atomic E-state index is 15.2. The Balaban J connectivity index is 2.27. The first-order chi connectivity index (χ1) is 16.6. The quantitative estimate of drug-likeness (QED) is 0.222. The second kappa shape index (κ2) is 9.30. The van der Waals surface area contributed by atoms with Crippen molar-refractivity contribution in [3.05, 3.63) is 69.9 Å². The van der Waals surface area contributed by atoms with Gasteiger partial charge in [0.05, 0.1) is 28.8 Å². The molecule has 3 aromatic rings. The molecule has 0 saturated carbocycles. The molecule has 0 spiro atoms. The number of hydrogen-bond donors (Lipinski definition) is 0. The predicted octanol–water partition coefficient (Wildman–Crippen LogP) is 6.91. The maximum absolute atomic E-state index is 15.2. The number of rotatable bonds is 3. The number of hydrogen-bond acceptors (Lipinski definition) is 6. The summed E-state index contributed by atoms with van der Waals surface area (Å²) in [5, 5.41) is 12.5. The van der Waals surface area contributed by atoms with Crippen LogP contribution >= 0.6 is 0 Å². The van der Waals surface area contributed by atoms with Gasteiger partial charge in [-0.2, -0.15) is 4.90 Å². The summed E-state index contributed by atoms with van der Waals surface area (Å²) in [6.45, 7) is 16.5. The molecule has 0 saturated heterocycles. The first-order valence-corrected chi connectivity index (χ1v) is 10.8. The highest BCUT2D eigenvalue weighted by atomic mass is 19.1. The Bertz CT molecular complexity index is 1380. The van der Waals surface area contributed by atoms with Crippen molar-refractivity contribution in [2.45, 2.75) is 52.7 Å². The zero-order valence-electron chi connectivity index (χ0n) is 20.7. The fraction of sp³-hybridized carbons (Fsp3) is 0.320. The Labute approximate surface area is 206 Å². The van der Waals surface area contributed by atoms with E-state index in [-0.39, 0.29) is 5.69 Å². The van der Waals surface area contributed by atoms with E-state index in [0.717, 1.165) is 6.07 Å². The summed E-state index contributed by atoms with van der Waals surface area (Å²) in [7, 11) is 0. The lowest BCUT2D eigenvalue weighted by atomic mass is 10.2. The molecule has 2 aromatic carbocycles. The summed E-state index contributed by atoms with van der Waals surface area (Å²) < 4.78 is 27.2. The van der Waals surface area contributed by atoms with Gasteiger partial charge in [-0.1, -0.05) is 6.07 Å². The molecule has 0 aliphatic heterocycles. The molecule has 11 heteroatoms. The minimum absolute atomic E-state index is 0.168. The Morgan fingerprint density at radius 1 is 1.03 bits per heavy atom. The molecule has 36 heavy (non-hydrogen) atoms. The Hall–Kier alpha value is -4.46. The van der Waals surface area contributed by atoms with Crippen LogP contribution < -0.4 is 4.90 Å². The smallest absolute Gasteiger partial charge is 0.424 e. The Morgan fingerprint density at radius 3 is 2.11 bits per heavy atom.